The molecule has 1 aromatic rings. The fourth-order valence-electron chi connectivity index (χ4n) is 3.35. The number of carbonyl (C=O) groups excluding carboxylic acids is 1. The van der Waals surface area contributed by atoms with Crippen molar-refractivity contribution >= 4 is 11.6 Å². The fourth-order valence-corrected chi connectivity index (χ4v) is 3.35. The monoisotopic (exact) mass is 289 g/mol. The summed E-state index contributed by atoms with van der Waals surface area (Å²) in [7, 11) is 1.88. The molecule has 0 bridgehead atoms. The Labute approximate surface area is 125 Å². The van der Waals surface area contributed by atoms with Crippen LogP contribution in [0.5, 0.6) is 5.75 Å². The van der Waals surface area contributed by atoms with E-state index in [0.717, 1.165) is 37.3 Å². The molecule has 0 spiro atoms. The topological polar surface area (TPSA) is 55.8 Å². The molecule has 2 N–H and O–H groups in total. The van der Waals surface area contributed by atoms with Crippen molar-refractivity contribution in [3.63, 3.8) is 0 Å². The standard InChI is InChI=1S/C16H23N3O2/c1-11(17-2)14-5-3-12(9-15(14)20)18-7-8-19-13(10-18)4-6-16(19)21/h3,5,9,11,13,17,20H,4,6-8,10H2,1-2H3. The van der Waals surface area contributed by atoms with E-state index in [1.165, 1.54) is 0 Å². The Morgan fingerprint density at radius 3 is 2.90 bits per heavy atom. The summed E-state index contributed by atoms with van der Waals surface area (Å²) in [6.45, 7) is 4.52. The first kappa shape index (κ1) is 14.2. The normalized spacial score (nSPS) is 23.3. The van der Waals surface area contributed by atoms with Gasteiger partial charge in [0.2, 0.25) is 5.91 Å². The molecule has 3 rings (SSSR count). The van der Waals surface area contributed by atoms with E-state index in [-0.39, 0.29) is 6.04 Å². The molecule has 2 aliphatic heterocycles. The fraction of sp³-hybridized carbons (Fsp3) is 0.562. The van der Waals surface area contributed by atoms with Crippen molar-refractivity contribution in [2.24, 2.45) is 0 Å². The van der Waals surface area contributed by atoms with E-state index >= 15 is 0 Å². The molecule has 2 aliphatic rings. The Bertz CT molecular complexity index is 546. The first-order valence-corrected chi connectivity index (χ1v) is 7.64. The molecular formula is C16H23N3O2. The lowest BCUT2D eigenvalue weighted by atomic mass is 10.1. The molecule has 1 amide bonds. The van der Waals surface area contributed by atoms with Gasteiger partial charge in [-0.2, -0.15) is 0 Å². The molecule has 5 nitrogen and oxygen atoms in total. The predicted octanol–water partition coefficient (Wildman–Crippen LogP) is 1.48. The number of piperazine rings is 1. The first-order valence-electron chi connectivity index (χ1n) is 7.64. The maximum atomic E-state index is 11.7. The number of rotatable bonds is 3. The van der Waals surface area contributed by atoms with E-state index in [2.05, 4.69) is 16.3 Å². The van der Waals surface area contributed by atoms with Crippen molar-refractivity contribution in [2.45, 2.75) is 31.8 Å². The average Bonchev–Trinajstić information content (AvgIpc) is 2.87. The second-order valence-electron chi connectivity index (χ2n) is 5.98. The van der Waals surface area contributed by atoms with Gasteiger partial charge in [-0.15, -0.1) is 0 Å². The Hall–Kier alpha value is -1.75. The second-order valence-corrected chi connectivity index (χ2v) is 5.98. The summed E-state index contributed by atoms with van der Waals surface area (Å²) in [4.78, 5) is 16.0. The van der Waals surface area contributed by atoms with Gasteiger partial charge in [0.25, 0.3) is 0 Å². The van der Waals surface area contributed by atoms with Crippen LogP contribution in [0.1, 0.15) is 31.4 Å². The molecule has 2 fully saturated rings. The SMILES string of the molecule is CNC(C)c1ccc(N2CCN3C(=O)CCC3C2)cc1O. The van der Waals surface area contributed by atoms with Crippen LogP contribution in [0.3, 0.4) is 0 Å². The molecule has 2 atom stereocenters. The van der Waals surface area contributed by atoms with Gasteiger partial charge in [-0.3, -0.25) is 4.79 Å². The van der Waals surface area contributed by atoms with Crippen molar-refractivity contribution in [1.82, 2.24) is 10.2 Å². The van der Waals surface area contributed by atoms with E-state index in [1.807, 2.05) is 31.0 Å². The van der Waals surface area contributed by atoms with E-state index in [1.54, 1.807) is 0 Å². The molecule has 2 saturated heterocycles. The van der Waals surface area contributed by atoms with Crippen LogP contribution in [-0.4, -0.2) is 48.6 Å². The molecule has 0 saturated carbocycles. The number of fused-ring (bicyclic) bond motifs is 1. The molecule has 21 heavy (non-hydrogen) atoms. The number of hydrogen-bond donors (Lipinski definition) is 2. The van der Waals surface area contributed by atoms with Gasteiger partial charge >= 0.3 is 0 Å². The lowest BCUT2D eigenvalue weighted by Crippen LogP contribution is -2.51. The number of benzene rings is 1. The van der Waals surface area contributed by atoms with Gasteiger partial charge in [0.15, 0.2) is 0 Å². The van der Waals surface area contributed by atoms with Crippen molar-refractivity contribution in [2.75, 3.05) is 31.6 Å². The number of nitrogens with one attached hydrogen (secondary N) is 1. The number of aromatic hydroxyl groups is 1. The lowest BCUT2D eigenvalue weighted by Gasteiger charge is -2.39. The van der Waals surface area contributed by atoms with Gasteiger partial charge in [-0.25, -0.2) is 0 Å². The molecule has 114 valence electrons. The van der Waals surface area contributed by atoms with Gasteiger partial charge in [-0.05, 0) is 26.5 Å². The zero-order chi connectivity index (χ0) is 15.0. The molecule has 5 heteroatoms. The summed E-state index contributed by atoms with van der Waals surface area (Å²) < 4.78 is 0. The van der Waals surface area contributed by atoms with Gasteiger partial charge in [0, 0.05) is 55.5 Å². The van der Waals surface area contributed by atoms with Crippen LogP contribution in [0.15, 0.2) is 18.2 Å². The molecule has 0 radical (unpaired) electrons. The second kappa shape index (κ2) is 5.56. The first-order chi connectivity index (χ1) is 10.1. The maximum absolute atomic E-state index is 11.7. The predicted molar refractivity (Wildman–Crippen MR) is 82.5 cm³/mol. The van der Waals surface area contributed by atoms with Crippen molar-refractivity contribution in [3.8, 4) is 5.75 Å². The minimum Gasteiger partial charge on any atom is -0.508 e. The average molecular weight is 289 g/mol. The smallest absolute Gasteiger partial charge is 0.223 e. The molecule has 2 unspecified atom stereocenters. The Kier molecular flexibility index (Phi) is 3.76. The number of phenols is 1. The third kappa shape index (κ3) is 2.58. The number of anilines is 1. The van der Waals surface area contributed by atoms with E-state index < -0.39 is 0 Å². The molecule has 1 aromatic carbocycles. The van der Waals surface area contributed by atoms with E-state index in [0.29, 0.717) is 24.1 Å². The number of nitrogens with zero attached hydrogens (tertiary/aromatic N) is 2. The molecular weight excluding hydrogens is 266 g/mol. The summed E-state index contributed by atoms with van der Waals surface area (Å²) in [5.41, 5.74) is 1.95. The van der Waals surface area contributed by atoms with Crippen LogP contribution in [0.4, 0.5) is 5.69 Å². The summed E-state index contributed by atoms with van der Waals surface area (Å²) >= 11 is 0. The zero-order valence-corrected chi connectivity index (χ0v) is 12.7. The van der Waals surface area contributed by atoms with Gasteiger partial charge in [0.1, 0.15) is 5.75 Å². The Morgan fingerprint density at radius 1 is 1.38 bits per heavy atom. The summed E-state index contributed by atoms with van der Waals surface area (Å²) in [6.07, 6.45) is 1.64. The van der Waals surface area contributed by atoms with Gasteiger partial charge in [-0.1, -0.05) is 6.07 Å². The molecule has 0 aliphatic carbocycles. The van der Waals surface area contributed by atoms with Gasteiger partial charge < -0.3 is 20.2 Å². The molecule has 2 heterocycles. The largest absolute Gasteiger partial charge is 0.508 e. The van der Waals surface area contributed by atoms with E-state index in [4.69, 9.17) is 0 Å². The maximum Gasteiger partial charge on any atom is 0.223 e. The van der Waals surface area contributed by atoms with Crippen LogP contribution in [-0.2, 0) is 4.79 Å². The Morgan fingerprint density at radius 2 is 2.19 bits per heavy atom. The minimum absolute atomic E-state index is 0.128. The summed E-state index contributed by atoms with van der Waals surface area (Å²) in [5.74, 6) is 0.625. The minimum atomic E-state index is 0.128. The summed E-state index contributed by atoms with van der Waals surface area (Å²) in [5, 5.41) is 13.4. The van der Waals surface area contributed by atoms with Crippen LogP contribution < -0.4 is 10.2 Å². The van der Waals surface area contributed by atoms with Crippen LogP contribution in [0.2, 0.25) is 0 Å². The van der Waals surface area contributed by atoms with Crippen molar-refractivity contribution in [3.05, 3.63) is 23.8 Å². The third-order valence-corrected chi connectivity index (χ3v) is 4.77. The highest BCUT2D eigenvalue weighted by atomic mass is 16.3. The number of hydrogen-bond acceptors (Lipinski definition) is 4. The highest BCUT2D eigenvalue weighted by molar-refractivity contribution is 5.79. The van der Waals surface area contributed by atoms with Crippen LogP contribution in [0.25, 0.3) is 0 Å². The van der Waals surface area contributed by atoms with Crippen LogP contribution >= 0.6 is 0 Å². The zero-order valence-electron chi connectivity index (χ0n) is 12.7. The highest BCUT2D eigenvalue weighted by Crippen LogP contribution is 2.31. The lowest BCUT2D eigenvalue weighted by molar-refractivity contribution is -0.129. The highest BCUT2D eigenvalue weighted by Gasteiger charge is 2.35. The Balaban J connectivity index is 1.76. The van der Waals surface area contributed by atoms with Crippen molar-refractivity contribution in [1.29, 1.82) is 0 Å². The third-order valence-electron chi connectivity index (χ3n) is 4.77. The van der Waals surface area contributed by atoms with Crippen LogP contribution in [0, 0.1) is 0 Å². The quantitative estimate of drug-likeness (QED) is 0.885. The van der Waals surface area contributed by atoms with E-state index in [9.17, 15) is 9.90 Å². The number of phenolic OH excluding ortho intramolecular Hbond substituents is 1. The molecule has 0 aromatic heterocycles. The van der Waals surface area contributed by atoms with Crippen molar-refractivity contribution < 1.29 is 9.90 Å². The summed E-state index contributed by atoms with van der Waals surface area (Å²) in [6, 6.07) is 6.36. The van der Waals surface area contributed by atoms with Gasteiger partial charge in [0.05, 0.1) is 0 Å². The number of carbonyl (C=O) groups is 1. The number of amides is 1.